The molecule has 0 aromatic heterocycles. The van der Waals surface area contributed by atoms with Crippen molar-refractivity contribution in [1.29, 1.82) is 0 Å². The van der Waals surface area contributed by atoms with Crippen molar-refractivity contribution in [1.82, 2.24) is 10.1 Å². The summed E-state index contributed by atoms with van der Waals surface area (Å²) in [6, 6.07) is -3.43. The molecule has 73 valence electrons. The van der Waals surface area contributed by atoms with Crippen LogP contribution in [0.15, 0.2) is 12.7 Å². The molecule has 0 aromatic rings. The number of hydroxylamine groups is 7. The monoisotopic (exact) mass is 199 g/mol. The second-order valence-corrected chi connectivity index (χ2v) is 2.73. The van der Waals surface area contributed by atoms with Crippen LogP contribution in [0.25, 0.3) is 0 Å². The Morgan fingerprint density at radius 2 is 2.00 bits per heavy atom. The van der Waals surface area contributed by atoms with Gasteiger partial charge in [0.1, 0.15) is 0 Å². The van der Waals surface area contributed by atoms with Crippen LogP contribution in [-0.2, 0) is 10.1 Å². The molecular formula is C6H5N3O5+. The van der Waals surface area contributed by atoms with Gasteiger partial charge >= 0.3 is 18.1 Å². The van der Waals surface area contributed by atoms with E-state index in [0.29, 0.717) is 0 Å². The van der Waals surface area contributed by atoms with Gasteiger partial charge in [-0.25, -0.2) is 4.79 Å². The van der Waals surface area contributed by atoms with E-state index in [1.165, 1.54) is 6.08 Å². The SMILES string of the molecule is C=CC[N+]12ON(C(=O)N([O])C1=O)C2=O. The highest BCUT2D eigenvalue weighted by molar-refractivity contribution is 6.05. The molecular weight excluding hydrogens is 194 g/mol. The number of imide groups is 3. The molecule has 3 heterocycles. The first-order chi connectivity index (χ1) is 6.54. The highest BCUT2D eigenvalue weighted by Crippen LogP contribution is 2.34. The number of carbonyl (C=O) groups is 3. The Bertz CT molecular complexity index is 362. The minimum atomic E-state index is -1.32. The molecule has 0 spiro atoms. The van der Waals surface area contributed by atoms with Gasteiger partial charge in [-0.15, -0.1) is 0 Å². The van der Waals surface area contributed by atoms with E-state index in [0.717, 1.165) is 0 Å². The molecule has 0 aromatic carbocycles. The van der Waals surface area contributed by atoms with E-state index < -0.39 is 27.8 Å². The topological polar surface area (TPSA) is 86.8 Å². The average Bonchev–Trinajstić information content (AvgIpc) is 2.17. The van der Waals surface area contributed by atoms with Crippen LogP contribution in [0.2, 0.25) is 0 Å². The third kappa shape index (κ3) is 0.702. The van der Waals surface area contributed by atoms with Gasteiger partial charge in [0.15, 0.2) is 6.54 Å². The Balaban J connectivity index is 2.39. The Kier molecular flexibility index (Phi) is 1.50. The molecule has 0 aliphatic carbocycles. The number of hydrogen-bond donors (Lipinski definition) is 0. The standard InChI is InChI=1S/C6H5N3O5/c1-2-3-9-5(11)7(13)4(10)8(14-9)6(9)12/h2H,1,3H2/q+1. The smallest absolute Gasteiger partial charge is 0.242 e. The molecule has 3 fully saturated rings. The van der Waals surface area contributed by atoms with Gasteiger partial charge in [0.25, 0.3) is 0 Å². The lowest BCUT2D eigenvalue weighted by atomic mass is 10.4. The zero-order valence-corrected chi connectivity index (χ0v) is 6.87. The summed E-state index contributed by atoms with van der Waals surface area (Å²) < 4.78 is -1.14. The van der Waals surface area contributed by atoms with Crippen molar-refractivity contribution < 1.29 is 29.2 Å². The molecule has 1 atom stereocenters. The second-order valence-electron chi connectivity index (χ2n) is 2.73. The van der Waals surface area contributed by atoms with Gasteiger partial charge in [-0.2, -0.15) is 9.59 Å². The maximum absolute atomic E-state index is 11.2. The van der Waals surface area contributed by atoms with Crippen LogP contribution in [0.3, 0.4) is 0 Å². The lowest BCUT2D eigenvalue weighted by Gasteiger charge is -2.44. The van der Waals surface area contributed by atoms with Crippen LogP contribution in [-0.4, -0.2) is 39.4 Å². The van der Waals surface area contributed by atoms with Crippen LogP contribution in [0.1, 0.15) is 0 Å². The zero-order chi connectivity index (χ0) is 10.5. The molecule has 1 radical (unpaired) electrons. The first-order valence-electron chi connectivity index (χ1n) is 3.63. The molecule has 6 amide bonds. The van der Waals surface area contributed by atoms with Gasteiger partial charge in [-0.3, -0.25) is 0 Å². The van der Waals surface area contributed by atoms with Crippen LogP contribution in [0, 0.1) is 0 Å². The summed E-state index contributed by atoms with van der Waals surface area (Å²) in [5, 5.41) is 10.7. The largest absolute Gasteiger partial charge is 0.501 e. The number of urea groups is 3. The van der Waals surface area contributed by atoms with Gasteiger partial charge < -0.3 is 0 Å². The fourth-order valence-electron chi connectivity index (χ4n) is 1.24. The van der Waals surface area contributed by atoms with Crippen molar-refractivity contribution in [3.8, 4) is 0 Å². The zero-order valence-electron chi connectivity index (χ0n) is 6.87. The van der Waals surface area contributed by atoms with Crippen LogP contribution < -0.4 is 0 Å². The number of fused-ring (bicyclic) bond motifs is 2. The number of amides is 6. The fraction of sp³-hybridized carbons (Fsp3) is 0.167. The highest BCUT2D eigenvalue weighted by atomic mass is 17.0. The quantitative estimate of drug-likeness (QED) is 0.468. The Hall–Kier alpha value is -1.77. The Morgan fingerprint density at radius 1 is 1.36 bits per heavy atom. The van der Waals surface area contributed by atoms with Crippen molar-refractivity contribution in [2.24, 2.45) is 0 Å². The lowest BCUT2D eigenvalue weighted by Crippen LogP contribution is -2.82. The van der Waals surface area contributed by atoms with Crippen molar-refractivity contribution in [3.05, 3.63) is 12.7 Å². The average molecular weight is 199 g/mol. The van der Waals surface area contributed by atoms with E-state index in [9.17, 15) is 19.6 Å². The molecule has 8 heteroatoms. The predicted octanol–water partition coefficient (Wildman–Crippen LogP) is 0.173. The van der Waals surface area contributed by atoms with E-state index in [1.54, 1.807) is 0 Å². The number of rotatable bonds is 2. The third-order valence-corrected chi connectivity index (χ3v) is 1.92. The summed E-state index contributed by atoms with van der Waals surface area (Å²) in [6.07, 6.45) is 1.25. The molecule has 8 nitrogen and oxygen atoms in total. The Labute approximate surface area is 77.6 Å². The van der Waals surface area contributed by atoms with Crippen LogP contribution in [0.5, 0.6) is 0 Å². The fourth-order valence-corrected chi connectivity index (χ4v) is 1.24. The third-order valence-electron chi connectivity index (χ3n) is 1.92. The van der Waals surface area contributed by atoms with E-state index in [4.69, 9.17) is 0 Å². The highest BCUT2D eigenvalue weighted by Gasteiger charge is 2.74. The molecule has 3 saturated heterocycles. The van der Waals surface area contributed by atoms with Gasteiger partial charge in [0, 0.05) is 4.65 Å². The number of quaternary nitrogens is 1. The summed E-state index contributed by atoms with van der Waals surface area (Å²) in [6.45, 7) is 3.13. The lowest BCUT2D eigenvalue weighted by molar-refractivity contribution is -1.06. The number of nitrogens with zero attached hydrogens (tertiary/aromatic N) is 3. The van der Waals surface area contributed by atoms with Crippen molar-refractivity contribution in [2.75, 3.05) is 6.54 Å². The summed E-state index contributed by atoms with van der Waals surface area (Å²) in [5.74, 6) is 0. The normalized spacial score (nSPS) is 30.5. The van der Waals surface area contributed by atoms with E-state index in [1.807, 2.05) is 0 Å². The Morgan fingerprint density at radius 3 is 2.50 bits per heavy atom. The first kappa shape index (κ1) is 8.81. The van der Waals surface area contributed by atoms with Crippen molar-refractivity contribution in [3.63, 3.8) is 0 Å². The number of hydrogen-bond acceptors (Lipinski definition) is 4. The van der Waals surface area contributed by atoms with Crippen LogP contribution in [0.4, 0.5) is 14.4 Å². The maximum atomic E-state index is 11.2. The van der Waals surface area contributed by atoms with Gasteiger partial charge in [-0.05, 0) is 21.1 Å². The minimum Gasteiger partial charge on any atom is -0.242 e. The first-order valence-corrected chi connectivity index (χ1v) is 3.63. The van der Waals surface area contributed by atoms with E-state index >= 15 is 0 Å². The molecule has 2 bridgehead atoms. The molecule has 3 aliphatic rings. The van der Waals surface area contributed by atoms with Crippen LogP contribution >= 0.6 is 0 Å². The van der Waals surface area contributed by atoms with Crippen molar-refractivity contribution in [2.45, 2.75) is 0 Å². The maximum Gasteiger partial charge on any atom is 0.501 e. The van der Waals surface area contributed by atoms with Crippen molar-refractivity contribution >= 4 is 18.1 Å². The minimum absolute atomic E-state index is 0.180. The van der Waals surface area contributed by atoms with Gasteiger partial charge in [-0.1, -0.05) is 11.8 Å². The molecule has 0 N–H and O–H groups in total. The summed E-state index contributed by atoms with van der Waals surface area (Å²) in [4.78, 5) is 38.0. The predicted molar refractivity (Wildman–Crippen MR) is 37.0 cm³/mol. The molecule has 3 aliphatic heterocycles. The number of carbonyl (C=O) groups excluding carboxylic acids is 3. The van der Waals surface area contributed by atoms with Gasteiger partial charge in [0.05, 0.1) is 0 Å². The molecule has 14 heavy (non-hydrogen) atoms. The summed E-state index contributed by atoms with van der Waals surface area (Å²) >= 11 is 0. The summed E-state index contributed by atoms with van der Waals surface area (Å²) in [5.41, 5.74) is 0. The second kappa shape index (κ2) is 2.38. The van der Waals surface area contributed by atoms with E-state index in [2.05, 4.69) is 11.5 Å². The van der Waals surface area contributed by atoms with Gasteiger partial charge in [0.2, 0.25) is 0 Å². The molecule has 1 unspecified atom stereocenters. The molecule has 3 rings (SSSR count). The molecule has 0 saturated carbocycles. The summed E-state index contributed by atoms with van der Waals surface area (Å²) in [7, 11) is 0. The van der Waals surface area contributed by atoms with E-state index in [-0.39, 0.29) is 11.6 Å².